The molecule has 6 heteroatoms. The Morgan fingerprint density at radius 1 is 1.60 bits per heavy atom. The Hall–Kier alpha value is -0.430. The summed E-state index contributed by atoms with van der Waals surface area (Å²) in [5, 5.41) is 4.41. The number of rotatable bonds is 4. The lowest BCUT2D eigenvalue weighted by Gasteiger charge is -2.37. The third-order valence-electron chi connectivity index (χ3n) is 4.40. The molecule has 3 rings (SSSR count). The second kappa shape index (κ2) is 6.13. The van der Waals surface area contributed by atoms with Gasteiger partial charge in [0.1, 0.15) is 0 Å². The lowest BCUT2D eigenvalue weighted by atomic mass is 10.1. The van der Waals surface area contributed by atoms with Crippen LogP contribution in [0.2, 0.25) is 0 Å². The largest absolute Gasteiger partial charge is 0.373 e. The molecule has 3 heterocycles. The molecule has 2 aliphatic heterocycles. The summed E-state index contributed by atoms with van der Waals surface area (Å²) in [6.45, 7) is 5.99. The van der Waals surface area contributed by atoms with Gasteiger partial charge in [-0.05, 0) is 41.7 Å². The number of morpholine rings is 1. The first-order valence-electron chi connectivity index (χ1n) is 7.53. The lowest BCUT2D eigenvalue weighted by Crippen LogP contribution is -2.50. The van der Waals surface area contributed by atoms with Crippen molar-refractivity contribution < 1.29 is 4.74 Å². The molecule has 2 fully saturated rings. The zero-order valence-corrected chi connectivity index (χ0v) is 13.6. The van der Waals surface area contributed by atoms with Crippen molar-refractivity contribution in [3.05, 3.63) is 16.4 Å². The number of hydrogen-bond donors (Lipinski definition) is 1. The standard InChI is InChI=1S/C14H23BrN4O/c1-2-5-19-14(11(15)7-17-19)13(16)12-8-18-6-3-4-10(18)9-20-12/h7,10,12-13H,2-6,8-9,16H2,1H3. The highest BCUT2D eigenvalue weighted by Gasteiger charge is 2.36. The van der Waals surface area contributed by atoms with E-state index in [1.807, 2.05) is 10.9 Å². The van der Waals surface area contributed by atoms with Crippen molar-refractivity contribution in [1.29, 1.82) is 0 Å². The van der Waals surface area contributed by atoms with Gasteiger partial charge in [0.05, 0.1) is 35.1 Å². The Kier molecular flexibility index (Phi) is 4.45. The van der Waals surface area contributed by atoms with Gasteiger partial charge in [-0.15, -0.1) is 0 Å². The monoisotopic (exact) mass is 342 g/mol. The minimum atomic E-state index is -0.125. The van der Waals surface area contributed by atoms with Crippen molar-refractivity contribution in [3.8, 4) is 0 Å². The predicted octanol–water partition coefficient (Wildman–Crippen LogP) is 1.92. The van der Waals surface area contributed by atoms with Crippen LogP contribution in [-0.2, 0) is 11.3 Å². The predicted molar refractivity (Wildman–Crippen MR) is 81.5 cm³/mol. The molecule has 0 radical (unpaired) electrons. The summed E-state index contributed by atoms with van der Waals surface area (Å²) in [5.74, 6) is 0. The zero-order chi connectivity index (χ0) is 14.1. The highest BCUT2D eigenvalue weighted by Crippen LogP contribution is 2.30. The van der Waals surface area contributed by atoms with Crippen LogP contribution in [-0.4, -0.2) is 46.5 Å². The van der Waals surface area contributed by atoms with Crippen LogP contribution in [0.25, 0.3) is 0 Å². The zero-order valence-electron chi connectivity index (χ0n) is 12.0. The Balaban J connectivity index is 1.75. The molecule has 3 atom stereocenters. The van der Waals surface area contributed by atoms with E-state index in [1.54, 1.807) is 0 Å². The molecule has 112 valence electrons. The minimum absolute atomic E-state index is 0.0629. The summed E-state index contributed by atoms with van der Waals surface area (Å²) in [4.78, 5) is 2.53. The van der Waals surface area contributed by atoms with E-state index in [4.69, 9.17) is 10.5 Å². The Bertz CT molecular complexity index is 464. The van der Waals surface area contributed by atoms with Crippen LogP contribution in [0.3, 0.4) is 0 Å². The topological polar surface area (TPSA) is 56.3 Å². The van der Waals surface area contributed by atoms with Crippen LogP contribution in [0.15, 0.2) is 10.7 Å². The smallest absolute Gasteiger partial charge is 0.0910 e. The van der Waals surface area contributed by atoms with E-state index in [-0.39, 0.29) is 12.1 Å². The molecule has 0 aliphatic carbocycles. The molecule has 1 aromatic heterocycles. The van der Waals surface area contributed by atoms with Gasteiger partial charge in [0.15, 0.2) is 0 Å². The van der Waals surface area contributed by atoms with Gasteiger partial charge in [-0.1, -0.05) is 6.92 Å². The summed E-state index contributed by atoms with van der Waals surface area (Å²) in [5.41, 5.74) is 7.55. The van der Waals surface area contributed by atoms with E-state index in [0.29, 0.717) is 6.04 Å². The van der Waals surface area contributed by atoms with Crippen molar-refractivity contribution in [2.75, 3.05) is 19.7 Å². The molecular formula is C14H23BrN4O. The Morgan fingerprint density at radius 3 is 3.25 bits per heavy atom. The van der Waals surface area contributed by atoms with E-state index in [2.05, 4.69) is 32.9 Å². The first-order chi connectivity index (χ1) is 9.70. The number of nitrogens with two attached hydrogens (primary N) is 1. The van der Waals surface area contributed by atoms with Gasteiger partial charge in [0.25, 0.3) is 0 Å². The quantitative estimate of drug-likeness (QED) is 0.908. The number of halogens is 1. The SMILES string of the molecule is CCCn1ncc(Br)c1C(N)C1CN2CCCC2CO1. The number of fused-ring (bicyclic) bond motifs is 1. The average Bonchev–Trinajstić information content (AvgIpc) is 3.04. The van der Waals surface area contributed by atoms with Gasteiger partial charge < -0.3 is 10.5 Å². The maximum Gasteiger partial charge on any atom is 0.0910 e. The molecule has 0 aromatic carbocycles. The molecule has 0 bridgehead atoms. The fraction of sp³-hybridized carbons (Fsp3) is 0.786. The van der Waals surface area contributed by atoms with Crippen molar-refractivity contribution in [3.63, 3.8) is 0 Å². The molecule has 2 saturated heterocycles. The number of nitrogens with zero attached hydrogens (tertiary/aromatic N) is 3. The van der Waals surface area contributed by atoms with Crippen LogP contribution in [0, 0.1) is 0 Å². The van der Waals surface area contributed by atoms with Crippen molar-refractivity contribution in [2.24, 2.45) is 5.73 Å². The van der Waals surface area contributed by atoms with E-state index in [0.717, 1.165) is 36.3 Å². The molecule has 0 spiro atoms. The average molecular weight is 343 g/mol. The number of aromatic nitrogens is 2. The highest BCUT2D eigenvalue weighted by molar-refractivity contribution is 9.10. The first kappa shape index (κ1) is 14.5. The summed E-state index contributed by atoms with van der Waals surface area (Å²) < 4.78 is 9.04. The third kappa shape index (κ3) is 2.66. The van der Waals surface area contributed by atoms with Crippen molar-refractivity contribution >= 4 is 15.9 Å². The summed E-state index contributed by atoms with van der Waals surface area (Å²) in [7, 11) is 0. The van der Waals surface area contributed by atoms with Crippen LogP contribution in [0.4, 0.5) is 0 Å². The van der Waals surface area contributed by atoms with E-state index >= 15 is 0 Å². The van der Waals surface area contributed by atoms with Crippen LogP contribution in [0.1, 0.15) is 37.9 Å². The first-order valence-corrected chi connectivity index (χ1v) is 8.32. The van der Waals surface area contributed by atoms with E-state index in [9.17, 15) is 0 Å². The van der Waals surface area contributed by atoms with Gasteiger partial charge in [0.2, 0.25) is 0 Å². The van der Waals surface area contributed by atoms with Gasteiger partial charge in [-0.3, -0.25) is 9.58 Å². The summed E-state index contributed by atoms with van der Waals surface area (Å²) in [6.07, 6.45) is 5.50. The third-order valence-corrected chi connectivity index (χ3v) is 5.01. The second-order valence-electron chi connectivity index (χ2n) is 5.79. The Morgan fingerprint density at radius 2 is 2.45 bits per heavy atom. The molecule has 3 unspecified atom stereocenters. The molecule has 2 aliphatic rings. The molecule has 2 N–H and O–H groups in total. The fourth-order valence-electron chi connectivity index (χ4n) is 3.33. The maximum atomic E-state index is 6.49. The van der Waals surface area contributed by atoms with Crippen LogP contribution >= 0.6 is 15.9 Å². The number of aryl methyl sites for hydroxylation is 1. The summed E-state index contributed by atoms with van der Waals surface area (Å²) in [6, 6.07) is 0.488. The molecule has 0 amide bonds. The van der Waals surface area contributed by atoms with Crippen molar-refractivity contribution in [2.45, 2.75) is 50.9 Å². The Labute approximate surface area is 128 Å². The van der Waals surface area contributed by atoms with Crippen molar-refractivity contribution in [1.82, 2.24) is 14.7 Å². The highest BCUT2D eigenvalue weighted by atomic mass is 79.9. The molecule has 0 saturated carbocycles. The minimum Gasteiger partial charge on any atom is -0.373 e. The van der Waals surface area contributed by atoms with Crippen LogP contribution in [0.5, 0.6) is 0 Å². The van der Waals surface area contributed by atoms with Gasteiger partial charge in [-0.2, -0.15) is 5.10 Å². The van der Waals surface area contributed by atoms with Gasteiger partial charge >= 0.3 is 0 Å². The number of ether oxygens (including phenoxy) is 1. The maximum absolute atomic E-state index is 6.49. The van der Waals surface area contributed by atoms with E-state index < -0.39 is 0 Å². The van der Waals surface area contributed by atoms with Crippen LogP contribution < -0.4 is 5.73 Å². The van der Waals surface area contributed by atoms with Gasteiger partial charge in [-0.25, -0.2) is 0 Å². The second-order valence-corrected chi connectivity index (χ2v) is 6.64. The molecule has 5 nitrogen and oxygen atoms in total. The lowest BCUT2D eigenvalue weighted by molar-refractivity contribution is -0.0608. The normalized spacial score (nSPS) is 28.6. The molecular weight excluding hydrogens is 320 g/mol. The summed E-state index contributed by atoms with van der Waals surface area (Å²) >= 11 is 3.58. The van der Waals surface area contributed by atoms with E-state index in [1.165, 1.54) is 19.4 Å². The molecule has 1 aromatic rings. The molecule has 20 heavy (non-hydrogen) atoms. The number of hydrogen-bond acceptors (Lipinski definition) is 4. The van der Waals surface area contributed by atoms with Gasteiger partial charge in [0, 0.05) is 19.1 Å². The fourth-order valence-corrected chi connectivity index (χ4v) is 3.89.